The number of ether oxygens (including phenoxy) is 2. The molecule has 28 heavy (non-hydrogen) atoms. The van der Waals surface area contributed by atoms with Crippen molar-refractivity contribution < 1.29 is 23.0 Å². The van der Waals surface area contributed by atoms with Gasteiger partial charge < -0.3 is 19.7 Å². The molecule has 0 saturated carbocycles. The molecule has 1 unspecified atom stereocenters. The van der Waals surface area contributed by atoms with E-state index in [1.165, 1.54) is 18.2 Å². The maximum atomic E-state index is 12.2. The van der Waals surface area contributed by atoms with E-state index in [1.54, 1.807) is 6.20 Å². The molecule has 0 aromatic carbocycles. The smallest absolute Gasteiger partial charge is 0.272 e. The van der Waals surface area contributed by atoms with Crippen LogP contribution >= 0.6 is 0 Å². The highest BCUT2D eigenvalue weighted by Crippen LogP contribution is 2.15. The lowest BCUT2D eigenvalue weighted by atomic mass is 10.2. The van der Waals surface area contributed by atoms with Crippen molar-refractivity contribution in [3.05, 3.63) is 47.8 Å². The van der Waals surface area contributed by atoms with Crippen LogP contribution in [0.25, 0.3) is 0 Å². The Morgan fingerprint density at radius 3 is 2.96 bits per heavy atom. The SMILES string of the molecule is CC1CN(c2ccc(CNC(=O)c3cccc(OCC(F)F)n3)cn2)CCO1. The van der Waals surface area contributed by atoms with Gasteiger partial charge in [0.15, 0.2) is 6.61 Å². The van der Waals surface area contributed by atoms with Gasteiger partial charge in [0.05, 0.1) is 12.7 Å². The number of morpholine rings is 1. The van der Waals surface area contributed by atoms with Gasteiger partial charge in [-0.05, 0) is 24.6 Å². The summed E-state index contributed by atoms with van der Waals surface area (Å²) < 4.78 is 34.8. The predicted octanol–water partition coefficient (Wildman–Crippen LogP) is 2.28. The second kappa shape index (κ2) is 9.41. The van der Waals surface area contributed by atoms with Gasteiger partial charge >= 0.3 is 0 Å². The number of carbonyl (C=O) groups excluding carboxylic acids is 1. The van der Waals surface area contributed by atoms with Crippen LogP contribution < -0.4 is 15.0 Å². The molecule has 0 bridgehead atoms. The Balaban J connectivity index is 1.53. The van der Waals surface area contributed by atoms with E-state index in [4.69, 9.17) is 9.47 Å². The van der Waals surface area contributed by atoms with E-state index in [2.05, 4.69) is 20.2 Å². The van der Waals surface area contributed by atoms with Crippen molar-refractivity contribution >= 4 is 11.7 Å². The molecule has 1 amide bonds. The van der Waals surface area contributed by atoms with Gasteiger partial charge in [-0.1, -0.05) is 12.1 Å². The number of hydrogen-bond acceptors (Lipinski definition) is 6. The molecular formula is C19H22F2N4O3. The first-order valence-corrected chi connectivity index (χ1v) is 8.99. The van der Waals surface area contributed by atoms with E-state index in [0.29, 0.717) is 6.61 Å². The summed E-state index contributed by atoms with van der Waals surface area (Å²) in [5.41, 5.74) is 0.933. The third-order valence-corrected chi connectivity index (χ3v) is 4.14. The summed E-state index contributed by atoms with van der Waals surface area (Å²) in [5, 5.41) is 2.73. The monoisotopic (exact) mass is 392 g/mol. The largest absolute Gasteiger partial charge is 0.472 e. The molecule has 0 radical (unpaired) electrons. The topological polar surface area (TPSA) is 76.6 Å². The Hall–Kier alpha value is -2.81. The van der Waals surface area contributed by atoms with Gasteiger partial charge in [-0.2, -0.15) is 0 Å². The van der Waals surface area contributed by atoms with Gasteiger partial charge in [0.2, 0.25) is 5.88 Å². The van der Waals surface area contributed by atoms with Gasteiger partial charge in [-0.25, -0.2) is 18.7 Å². The Kier molecular flexibility index (Phi) is 6.70. The minimum atomic E-state index is -2.60. The van der Waals surface area contributed by atoms with Crippen LogP contribution in [0.5, 0.6) is 5.88 Å². The van der Waals surface area contributed by atoms with Crippen LogP contribution in [0.1, 0.15) is 23.0 Å². The van der Waals surface area contributed by atoms with Crippen LogP contribution in [0.2, 0.25) is 0 Å². The molecule has 3 rings (SSSR count). The molecule has 1 saturated heterocycles. The zero-order valence-corrected chi connectivity index (χ0v) is 15.5. The van der Waals surface area contributed by atoms with Crippen molar-refractivity contribution in [2.24, 2.45) is 0 Å². The summed E-state index contributed by atoms with van der Waals surface area (Å²) in [5.74, 6) is 0.433. The van der Waals surface area contributed by atoms with Crippen molar-refractivity contribution in [3.8, 4) is 5.88 Å². The lowest BCUT2D eigenvalue weighted by Gasteiger charge is -2.32. The second-order valence-electron chi connectivity index (χ2n) is 6.40. The summed E-state index contributed by atoms with van der Waals surface area (Å²) in [6.07, 6.45) is -0.719. The first kappa shape index (κ1) is 19.9. The van der Waals surface area contributed by atoms with E-state index >= 15 is 0 Å². The van der Waals surface area contributed by atoms with Crippen LogP contribution in [0.4, 0.5) is 14.6 Å². The van der Waals surface area contributed by atoms with Crippen LogP contribution in [0, 0.1) is 0 Å². The lowest BCUT2D eigenvalue weighted by molar-refractivity contribution is 0.0529. The molecule has 0 aliphatic carbocycles. The highest BCUT2D eigenvalue weighted by atomic mass is 19.3. The number of hydrogen-bond donors (Lipinski definition) is 1. The predicted molar refractivity (Wildman–Crippen MR) is 98.8 cm³/mol. The zero-order chi connectivity index (χ0) is 19.9. The molecule has 7 nitrogen and oxygen atoms in total. The number of amides is 1. The average Bonchev–Trinajstić information content (AvgIpc) is 2.71. The molecule has 3 heterocycles. The minimum absolute atomic E-state index is 0.0151. The van der Waals surface area contributed by atoms with Crippen molar-refractivity contribution in [2.75, 3.05) is 31.2 Å². The van der Waals surface area contributed by atoms with Gasteiger partial charge in [-0.3, -0.25) is 4.79 Å². The third-order valence-electron chi connectivity index (χ3n) is 4.14. The maximum Gasteiger partial charge on any atom is 0.272 e. The third kappa shape index (κ3) is 5.59. The Morgan fingerprint density at radius 2 is 2.25 bits per heavy atom. The quantitative estimate of drug-likeness (QED) is 0.779. The van der Waals surface area contributed by atoms with Gasteiger partial charge in [-0.15, -0.1) is 0 Å². The summed E-state index contributed by atoms with van der Waals surface area (Å²) >= 11 is 0. The molecular weight excluding hydrogens is 370 g/mol. The van der Waals surface area contributed by atoms with Crippen LogP contribution in [0.3, 0.4) is 0 Å². The molecule has 2 aromatic heterocycles. The molecule has 1 atom stereocenters. The fraction of sp³-hybridized carbons (Fsp3) is 0.421. The molecule has 1 fully saturated rings. The molecule has 150 valence electrons. The van der Waals surface area contributed by atoms with Crippen molar-refractivity contribution in [1.82, 2.24) is 15.3 Å². The van der Waals surface area contributed by atoms with E-state index in [1.807, 2.05) is 19.1 Å². The number of nitrogens with one attached hydrogen (secondary N) is 1. The lowest BCUT2D eigenvalue weighted by Crippen LogP contribution is -2.41. The fourth-order valence-corrected chi connectivity index (χ4v) is 2.78. The highest BCUT2D eigenvalue weighted by Gasteiger charge is 2.17. The normalized spacial score (nSPS) is 16.9. The van der Waals surface area contributed by atoms with Crippen LogP contribution in [-0.2, 0) is 11.3 Å². The average molecular weight is 392 g/mol. The molecule has 1 N–H and O–H groups in total. The summed E-state index contributed by atoms with van der Waals surface area (Å²) in [6, 6.07) is 8.26. The molecule has 0 spiro atoms. The number of nitrogens with zero attached hydrogens (tertiary/aromatic N) is 3. The van der Waals surface area contributed by atoms with E-state index in [9.17, 15) is 13.6 Å². The Labute approximate surface area is 161 Å². The number of pyridine rings is 2. The maximum absolute atomic E-state index is 12.2. The number of aromatic nitrogens is 2. The number of halogens is 2. The number of alkyl halides is 2. The first-order valence-electron chi connectivity index (χ1n) is 8.99. The standard InChI is InChI=1S/C19H22F2N4O3/c1-13-11-25(7-8-27-13)17-6-5-14(9-22-17)10-23-19(26)15-3-2-4-18(24-15)28-12-16(20)21/h2-6,9,13,16H,7-8,10-12H2,1H3,(H,23,26). The molecule has 2 aromatic rings. The van der Waals surface area contributed by atoms with Crippen LogP contribution in [-0.4, -0.2) is 54.7 Å². The molecule has 9 heteroatoms. The van der Waals surface area contributed by atoms with Crippen molar-refractivity contribution in [2.45, 2.75) is 26.0 Å². The van der Waals surface area contributed by atoms with Crippen molar-refractivity contribution in [1.29, 1.82) is 0 Å². The first-order chi connectivity index (χ1) is 13.5. The second-order valence-corrected chi connectivity index (χ2v) is 6.40. The van der Waals surface area contributed by atoms with Gasteiger partial charge in [0.1, 0.15) is 11.5 Å². The Bertz CT molecular complexity index is 789. The summed E-state index contributed by atoms with van der Waals surface area (Å²) in [7, 11) is 0. The Morgan fingerprint density at radius 1 is 1.39 bits per heavy atom. The van der Waals surface area contributed by atoms with E-state index < -0.39 is 18.9 Å². The van der Waals surface area contributed by atoms with E-state index in [0.717, 1.165) is 24.5 Å². The minimum Gasteiger partial charge on any atom is -0.472 e. The summed E-state index contributed by atoms with van der Waals surface area (Å²) in [6.45, 7) is 3.79. The molecule has 1 aliphatic heterocycles. The number of carbonyl (C=O) groups is 1. The van der Waals surface area contributed by atoms with Gasteiger partial charge in [0.25, 0.3) is 12.3 Å². The fourth-order valence-electron chi connectivity index (χ4n) is 2.78. The van der Waals surface area contributed by atoms with Crippen molar-refractivity contribution in [3.63, 3.8) is 0 Å². The molecule has 1 aliphatic rings. The van der Waals surface area contributed by atoms with E-state index in [-0.39, 0.29) is 24.2 Å². The summed E-state index contributed by atoms with van der Waals surface area (Å²) in [4.78, 5) is 22.8. The zero-order valence-electron chi connectivity index (χ0n) is 15.5. The number of rotatable bonds is 7. The van der Waals surface area contributed by atoms with Gasteiger partial charge in [0, 0.05) is 31.9 Å². The number of anilines is 1. The van der Waals surface area contributed by atoms with Crippen LogP contribution in [0.15, 0.2) is 36.5 Å². The highest BCUT2D eigenvalue weighted by molar-refractivity contribution is 5.92.